The molecule has 0 N–H and O–H groups in total. The molecule has 0 atom stereocenters. The van der Waals surface area contributed by atoms with Crippen LogP contribution >= 0.6 is 31.9 Å². The number of rotatable bonds is 8. The SMILES string of the molecule is COCc1c(C=C(Br)Br)ncc2c1c1c(OCc3ccccc3)cccc1n2S(=O)(=O)c1ccc(C)cc1. The Bertz CT molecular complexity index is 1760. The fourth-order valence-electron chi connectivity index (χ4n) is 4.51. The molecule has 3 aromatic carbocycles. The van der Waals surface area contributed by atoms with Crippen molar-refractivity contribution in [3.05, 3.63) is 105 Å². The molecule has 0 amide bonds. The van der Waals surface area contributed by atoms with Crippen LogP contribution < -0.4 is 4.74 Å². The molecule has 38 heavy (non-hydrogen) atoms. The van der Waals surface area contributed by atoms with E-state index in [0.717, 1.165) is 16.7 Å². The Morgan fingerprint density at radius 1 is 0.921 bits per heavy atom. The van der Waals surface area contributed by atoms with Crippen LogP contribution in [0.4, 0.5) is 0 Å². The van der Waals surface area contributed by atoms with Gasteiger partial charge in [-0.3, -0.25) is 4.98 Å². The second kappa shape index (κ2) is 11.0. The van der Waals surface area contributed by atoms with E-state index < -0.39 is 10.0 Å². The molecule has 0 aliphatic heterocycles. The Morgan fingerprint density at radius 3 is 2.34 bits per heavy atom. The van der Waals surface area contributed by atoms with Crippen LogP contribution in [0.3, 0.4) is 0 Å². The number of hydrogen-bond acceptors (Lipinski definition) is 5. The fraction of sp³-hybridized carbons (Fsp3) is 0.138. The normalized spacial score (nSPS) is 11.7. The van der Waals surface area contributed by atoms with Gasteiger partial charge in [0.15, 0.2) is 0 Å². The molecule has 0 aliphatic rings. The van der Waals surface area contributed by atoms with Crippen molar-refractivity contribution in [1.29, 1.82) is 0 Å². The maximum Gasteiger partial charge on any atom is 0.268 e. The second-order valence-corrected chi connectivity index (χ2v) is 13.3. The van der Waals surface area contributed by atoms with Crippen molar-refractivity contribution in [2.45, 2.75) is 25.0 Å². The monoisotopic (exact) mass is 654 g/mol. The van der Waals surface area contributed by atoms with Crippen molar-refractivity contribution in [1.82, 2.24) is 8.96 Å². The molecule has 2 aromatic heterocycles. The highest BCUT2D eigenvalue weighted by atomic mass is 79.9. The minimum Gasteiger partial charge on any atom is -0.488 e. The van der Waals surface area contributed by atoms with Gasteiger partial charge in [0.1, 0.15) is 12.4 Å². The molecule has 194 valence electrons. The van der Waals surface area contributed by atoms with Gasteiger partial charge >= 0.3 is 0 Å². The molecule has 0 aliphatic carbocycles. The van der Waals surface area contributed by atoms with Gasteiger partial charge in [-0.1, -0.05) is 54.1 Å². The summed E-state index contributed by atoms with van der Waals surface area (Å²) in [6, 6.07) is 22.1. The highest BCUT2D eigenvalue weighted by Crippen LogP contribution is 2.41. The summed E-state index contributed by atoms with van der Waals surface area (Å²) < 4.78 is 42.1. The lowest BCUT2D eigenvalue weighted by atomic mass is 10.1. The van der Waals surface area contributed by atoms with E-state index in [1.54, 1.807) is 43.6 Å². The zero-order valence-electron chi connectivity index (χ0n) is 20.7. The number of halogens is 2. The van der Waals surface area contributed by atoms with Gasteiger partial charge in [0, 0.05) is 18.1 Å². The molecule has 0 saturated carbocycles. The Balaban J connectivity index is 1.85. The van der Waals surface area contributed by atoms with Crippen LogP contribution in [0.1, 0.15) is 22.4 Å². The smallest absolute Gasteiger partial charge is 0.268 e. The average molecular weight is 656 g/mol. The summed E-state index contributed by atoms with van der Waals surface area (Å²) in [6.45, 7) is 2.48. The molecule has 0 spiro atoms. The summed E-state index contributed by atoms with van der Waals surface area (Å²) in [6.07, 6.45) is 3.41. The zero-order chi connectivity index (χ0) is 26.9. The number of benzene rings is 3. The van der Waals surface area contributed by atoms with Gasteiger partial charge < -0.3 is 9.47 Å². The minimum atomic E-state index is -3.97. The van der Waals surface area contributed by atoms with Crippen LogP contribution in [-0.4, -0.2) is 24.5 Å². The van der Waals surface area contributed by atoms with Crippen molar-refractivity contribution in [3.8, 4) is 5.75 Å². The van der Waals surface area contributed by atoms with Gasteiger partial charge in [0.05, 0.1) is 43.2 Å². The Labute approximate surface area is 238 Å². The maximum atomic E-state index is 14.1. The van der Waals surface area contributed by atoms with Gasteiger partial charge in [-0.15, -0.1) is 0 Å². The molecular formula is C29H24Br2N2O4S. The molecular weight excluding hydrogens is 632 g/mol. The van der Waals surface area contributed by atoms with Gasteiger partial charge in [-0.05, 0) is 74.7 Å². The van der Waals surface area contributed by atoms with Crippen LogP contribution in [0.5, 0.6) is 5.75 Å². The van der Waals surface area contributed by atoms with Crippen molar-refractivity contribution in [3.63, 3.8) is 0 Å². The number of fused-ring (bicyclic) bond motifs is 3. The Morgan fingerprint density at radius 2 is 1.66 bits per heavy atom. The number of pyridine rings is 1. The van der Waals surface area contributed by atoms with Crippen LogP contribution in [0, 0.1) is 6.92 Å². The largest absolute Gasteiger partial charge is 0.488 e. The topological polar surface area (TPSA) is 70.4 Å². The molecule has 0 saturated heterocycles. The lowest BCUT2D eigenvalue weighted by molar-refractivity contribution is 0.185. The predicted octanol–water partition coefficient (Wildman–Crippen LogP) is 7.55. The average Bonchev–Trinajstić information content (AvgIpc) is 3.25. The highest BCUT2D eigenvalue weighted by Gasteiger charge is 2.27. The summed E-state index contributed by atoms with van der Waals surface area (Å²) >= 11 is 6.84. The number of ether oxygens (including phenoxy) is 2. The van der Waals surface area contributed by atoms with Crippen LogP contribution in [0.25, 0.3) is 27.9 Å². The van der Waals surface area contributed by atoms with Crippen LogP contribution in [-0.2, 0) is 28.0 Å². The first-order valence-electron chi connectivity index (χ1n) is 11.8. The zero-order valence-corrected chi connectivity index (χ0v) is 24.7. The first kappa shape index (κ1) is 26.6. The van der Waals surface area contributed by atoms with E-state index in [0.29, 0.717) is 43.2 Å². The minimum absolute atomic E-state index is 0.193. The van der Waals surface area contributed by atoms with Gasteiger partial charge in [0.25, 0.3) is 10.0 Å². The van der Waals surface area contributed by atoms with E-state index in [2.05, 4.69) is 36.8 Å². The van der Waals surface area contributed by atoms with E-state index >= 15 is 0 Å². The molecule has 0 fully saturated rings. The third-order valence-corrected chi connectivity index (χ3v) is 8.42. The van der Waals surface area contributed by atoms with Crippen LogP contribution in [0.15, 0.2) is 87.3 Å². The van der Waals surface area contributed by atoms with Gasteiger partial charge in [-0.25, -0.2) is 12.4 Å². The molecule has 9 heteroatoms. The van der Waals surface area contributed by atoms with E-state index in [4.69, 9.17) is 9.47 Å². The van der Waals surface area contributed by atoms with E-state index in [-0.39, 0.29) is 11.5 Å². The number of aryl methyl sites for hydroxylation is 1. The van der Waals surface area contributed by atoms with E-state index in [9.17, 15) is 8.42 Å². The maximum absolute atomic E-state index is 14.1. The van der Waals surface area contributed by atoms with Gasteiger partial charge in [-0.2, -0.15) is 0 Å². The summed E-state index contributed by atoms with van der Waals surface area (Å²) in [7, 11) is -2.37. The van der Waals surface area contributed by atoms with Crippen molar-refractivity contribution in [2.24, 2.45) is 0 Å². The van der Waals surface area contributed by atoms with Crippen molar-refractivity contribution in [2.75, 3.05) is 7.11 Å². The van der Waals surface area contributed by atoms with Crippen molar-refractivity contribution >= 4 is 69.8 Å². The number of methoxy groups -OCH3 is 1. The number of nitrogens with zero attached hydrogens (tertiary/aromatic N) is 2. The molecule has 6 nitrogen and oxygen atoms in total. The Hall–Kier alpha value is -2.98. The standard InChI is InChI=1S/C29H24Br2N2O4S/c1-19-11-13-21(14-12-19)38(34,35)33-24-9-6-10-26(37-17-20-7-4-3-5-8-20)29(24)28-22(18-36-2)23(15-27(30)31)32-16-25(28)33/h3-16H,17-18H2,1-2H3. The summed E-state index contributed by atoms with van der Waals surface area (Å²) in [5, 5.41) is 1.40. The summed E-state index contributed by atoms with van der Waals surface area (Å²) in [5.74, 6) is 0.575. The third-order valence-electron chi connectivity index (χ3n) is 6.22. The summed E-state index contributed by atoms with van der Waals surface area (Å²) in [4.78, 5) is 4.82. The first-order chi connectivity index (χ1) is 18.3. The fourth-order valence-corrected chi connectivity index (χ4v) is 6.44. The second-order valence-electron chi connectivity index (χ2n) is 8.76. The molecule has 2 heterocycles. The number of hydrogen-bond donors (Lipinski definition) is 0. The molecule has 0 unspecified atom stereocenters. The lowest BCUT2D eigenvalue weighted by Gasteiger charge is -2.11. The summed E-state index contributed by atoms with van der Waals surface area (Å²) in [5.41, 5.74) is 4.33. The first-order valence-corrected chi connectivity index (χ1v) is 14.8. The van der Waals surface area contributed by atoms with E-state index in [1.807, 2.05) is 55.5 Å². The predicted molar refractivity (Wildman–Crippen MR) is 158 cm³/mol. The number of aromatic nitrogens is 2. The molecule has 5 aromatic rings. The lowest BCUT2D eigenvalue weighted by Crippen LogP contribution is -2.13. The molecule has 0 radical (unpaired) electrons. The Kier molecular flexibility index (Phi) is 7.72. The highest BCUT2D eigenvalue weighted by molar-refractivity contribution is 9.28. The van der Waals surface area contributed by atoms with Crippen molar-refractivity contribution < 1.29 is 17.9 Å². The van der Waals surface area contributed by atoms with Crippen LogP contribution in [0.2, 0.25) is 0 Å². The van der Waals surface area contributed by atoms with Gasteiger partial charge in [0.2, 0.25) is 0 Å². The quantitative estimate of drug-likeness (QED) is 0.173. The van der Waals surface area contributed by atoms with E-state index in [1.165, 1.54) is 3.97 Å². The molecule has 0 bridgehead atoms. The third kappa shape index (κ3) is 5.03. The molecule has 5 rings (SSSR count).